The lowest BCUT2D eigenvalue weighted by Gasteiger charge is -2.38. The van der Waals surface area contributed by atoms with E-state index < -0.39 is 11.7 Å². The van der Waals surface area contributed by atoms with Gasteiger partial charge in [-0.1, -0.05) is 24.3 Å². The maximum atomic E-state index is 13.0. The van der Waals surface area contributed by atoms with Crippen LogP contribution in [-0.2, 0) is 6.18 Å². The highest BCUT2D eigenvalue weighted by Crippen LogP contribution is 2.38. The van der Waals surface area contributed by atoms with Gasteiger partial charge in [-0.15, -0.1) is 0 Å². The Labute approximate surface area is 182 Å². The van der Waals surface area contributed by atoms with Crippen molar-refractivity contribution < 1.29 is 22.8 Å². The van der Waals surface area contributed by atoms with Crippen molar-refractivity contribution in [3.8, 4) is 0 Å². The number of carbonyl (C=O) groups is 2. The van der Waals surface area contributed by atoms with Gasteiger partial charge in [0.25, 0.3) is 11.8 Å². The SMILES string of the molecule is O=C1c2ccccc2C(=O)N1CC1CN(c2ccc(C(F)(F)F)cc2)c2ccccc2N1. The molecule has 0 bridgehead atoms. The van der Waals surface area contributed by atoms with E-state index in [1.807, 2.05) is 29.2 Å². The second-order valence-electron chi connectivity index (χ2n) is 7.78. The second kappa shape index (κ2) is 7.40. The van der Waals surface area contributed by atoms with Crippen molar-refractivity contribution in [1.82, 2.24) is 4.90 Å². The molecule has 0 aromatic heterocycles. The number of nitrogens with one attached hydrogen (secondary N) is 1. The fourth-order valence-corrected chi connectivity index (χ4v) is 4.22. The van der Waals surface area contributed by atoms with Gasteiger partial charge in [0.1, 0.15) is 0 Å². The van der Waals surface area contributed by atoms with E-state index in [4.69, 9.17) is 0 Å². The lowest BCUT2D eigenvalue weighted by atomic mass is 10.1. The number of nitrogens with zero attached hydrogens (tertiary/aromatic N) is 2. The molecule has 1 unspecified atom stereocenters. The van der Waals surface area contributed by atoms with Crippen LogP contribution >= 0.6 is 0 Å². The van der Waals surface area contributed by atoms with Gasteiger partial charge in [-0.3, -0.25) is 14.5 Å². The molecule has 3 aromatic rings. The molecular weight excluding hydrogens is 419 g/mol. The Morgan fingerprint density at radius 2 is 1.44 bits per heavy atom. The number of para-hydroxylation sites is 2. The standard InChI is InChI=1S/C24H18F3N3O2/c25-24(26,27)15-9-11-17(12-10-15)29-13-16(28-20-7-3-4-8-21(20)29)14-30-22(31)18-5-1-2-6-19(18)23(30)32/h1-12,16,28H,13-14H2. The van der Waals surface area contributed by atoms with E-state index in [0.29, 0.717) is 23.4 Å². The third-order valence-corrected chi connectivity index (χ3v) is 5.74. The van der Waals surface area contributed by atoms with Gasteiger partial charge in [0, 0.05) is 12.2 Å². The number of benzene rings is 3. The maximum Gasteiger partial charge on any atom is 0.416 e. The van der Waals surface area contributed by atoms with Crippen LogP contribution in [0.4, 0.5) is 30.2 Å². The molecule has 2 heterocycles. The summed E-state index contributed by atoms with van der Waals surface area (Å²) in [7, 11) is 0. The Kier molecular flexibility index (Phi) is 4.65. The van der Waals surface area contributed by atoms with Gasteiger partial charge in [0.05, 0.1) is 40.7 Å². The molecule has 1 atom stereocenters. The molecule has 5 nitrogen and oxygen atoms in total. The van der Waals surface area contributed by atoms with Crippen molar-refractivity contribution in [2.24, 2.45) is 0 Å². The molecule has 3 aromatic carbocycles. The van der Waals surface area contributed by atoms with Gasteiger partial charge in [0.15, 0.2) is 0 Å². The molecule has 2 aliphatic heterocycles. The van der Waals surface area contributed by atoms with E-state index in [1.165, 1.54) is 17.0 Å². The number of hydrogen-bond donors (Lipinski definition) is 1. The first-order chi connectivity index (χ1) is 15.3. The third-order valence-electron chi connectivity index (χ3n) is 5.74. The Hall–Kier alpha value is -3.81. The van der Waals surface area contributed by atoms with Crippen LogP contribution in [0.25, 0.3) is 0 Å². The van der Waals surface area contributed by atoms with E-state index in [9.17, 15) is 22.8 Å². The highest BCUT2D eigenvalue weighted by Gasteiger charge is 2.38. The summed E-state index contributed by atoms with van der Waals surface area (Å²) in [6.45, 7) is 0.508. The van der Waals surface area contributed by atoms with Gasteiger partial charge in [-0.05, 0) is 48.5 Å². The summed E-state index contributed by atoms with van der Waals surface area (Å²) >= 11 is 0. The first-order valence-electron chi connectivity index (χ1n) is 10.1. The molecule has 5 rings (SSSR count). The number of hydrogen-bond acceptors (Lipinski definition) is 4. The molecule has 0 radical (unpaired) electrons. The molecule has 1 N–H and O–H groups in total. The molecule has 2 amide bonds. The van der Waals surface area contributed by atoms with Crippen LogP contribution < -0.4 is 10.2 Å². The quantitative estimate of drug-likeness (QED) is 0.590. The largest absolute Gasteiger partial charge is 0.416 e. The zero-order valence-electron chi connectivity index (χ0n) is 16.8. The number of fused-ring (bicyclic) bond motifs is 2. The zero-order valence-corrected chi connectivity index (χ0v) is 16.8. The number of amides is 2. The Balaban J connectivity index is 1.43. The highest BCUT2D eigenvalue weighted by molar-refractivity contribution is 6.21. The number of alkyl halides is 3. The van der Waals surface area contributed by atoms with Crippen molar-refractivity contribution in [2.45, 2.75) is 12.2 Å². The minimum absolute atomic E-state index is 0.137. The predicted molar refractivity (Wildman–Crippen MR) is 114 cm³/mol. The van der Waals surface area contributed by atoms with Crippen molar-refractivity contribution in [2.75, 3.05) is 23.3 Å². The summed E-state index contributed by atoms with van der Waals surface area (Å²) in [6, 6.07) is 18.8. The van der Waals surface area contributed by atoms with Crippen LogP contribution in [0.2, 0.25) is 0 Å². The van der Waals surface area contributed by atoms with Crippen molar-refractivity contribution in [1.29, 1.82) is 0 Å². The number of anilines is 3. The number of carbonyl (C=O) groups excluding carboxylic acids is 2. The zero-order chi connectivity index (χ0) is 22.5. The van der Waals surface area contributed by atoms with Crippen LogP contribution in [-0.4, -0.2) is 35.8 Å². The molecule has 162 valence electrons. The van der Waals surface area contributed by atoms with Gasteiger partial charge in [-0.2, -0.15) is 13.2 Å². The summed E-state index contributed by atoms with van der Waals surface area (Å²) in [6.07, 6.45) is -4.41. The summed E-state index contributed by atoms with van der Waals surface area (Å²) in [4.78, 5) is 28.7. The molecule has 0 aliphatic carbocycles. The van der Waals surface area contributed by atoms with Crippen molar-refractivity contribution >= 4 is 28.9 Å². The predicted octanol–water partition coefficient (Wildman–Crippen LogP) is 4.93. The topological polar surface area (TPSA) is 52.7 Å². The van der Waals surface area contributed by atoms with Crippen LogP contribution in [0.5, 0.6) is 0 Å². The van der Waals surface area contributed by atoms with Gasteiger partial charge in [0.2, 0.25) is 0 Å². The van der Waals surface area contributed by atoms with Crippen LogP contribution in [0.1, 0.15) is 26.3 Å². The number of rotatable bonds is 3. The summed E-state index contributed by atoms with van der Waals surface area (Å²) in [5, 5.41) is 3.36. The highest BCUT2D eigenvalue weighted by atomic mass is 19.4. The lowest BCUT2D eigenvalue weighted by Crippen LogP contribution is -2.47. The second-order valence-corrected chi connectivity index (χ2v) is 7.78. The average molecular weight is 437 g/mol. The fourth-order valence-electron chi connectivity index (χ4n) is 4.22. The first-order valence-corrected chi connectivity index (χ1v) is 10.1. The molecule has 32 heavy (non-hydrogen) atoms. The normalized spacial score (nSPS) is 17.8. The molecular formula is C24H18F3N3O2. The number of halogens is 3. The Morgan fingerprint density at radius 3 is 2.06 bits per heavy atom. The fraction of sp³-hybridized carbons (Fsp3) is 0.167. The third kappa shape index (κ3) is 3.37. The van der Waals surface area contributed by atoms with Crippen LogP contribution in [0.3, 0.4) is 0 Å². The smallest absolute Gasteiger partial charge is 0.377 e. The molecule has 0 saturated carbocycles. The summed E-state index contributed by atoms with van der Waals surface area (Å²) in [5.74, 6) is -0.681. The van der Waals surface area contributed by atoms with Crippen LogP contribution in [0.15, 0.2) is 72.8 Å². The van der Waals surface area contributed by atoms with Crippen LogP contribution in [0, 0.1) is 0 Å². The van der Waals surface area contributed by atoms with Crippen molar-refractivity contribution in [3.63, 3.8) is 0 Å². The van der Waals surface area contributed by atoms with E-state index in [-0.39, 0.29) is 24.4 Å². The molecule has 0 fully saturated rings. The first kappa shape index (κ1) is 20.1. The van der Waals surface area contributed by atoms with Gasteiger partial charge in [-0.25, -0.2) is 0 Å². The van der Waals surface area contributed by atoms with E-state index >= 15 is 0 Å². The summed E-state index contributed by atoms with van der Waals surface area (Å²) in [5.41, 5.74) is 2.24. The van der Waals surface area contributed by atoms with Gasteiger partial charge < -0.3 is 10.2 Å². The lowest BCUT2D eigenvalue weighted by molar-refractivity contribution is -0.137. The molecule has 0 spiro atoms. The van der Waals surface area contributed by atoms with E-state index in [2.05, 4.69) is 5.32 Å². The molecule has 2 aliphatic rings. The minimum atomic E-state index is -4.41. The van der Waals surface area contributed by atoms with Gasteiger partial charge >= 0.3 is 6.18 Å². The average Bonchev–Trinajstić information content (AvgIpc) is 3.03. The maximum absolute atomic E-state index is 13.0. The summed E-state index contributed by atoms with van der Waals surface area (Å²) < 4.78 is 38.9. The Morgan fingerprint density at radius 1 is 0.844 bits per heavy atom. The molecule has 0 saturated heterocycles. The number of imide groups is 1. The Bertz CT molecular complexity index is 1170. The molecule has 8 heteroatoms. The minimum Gasteiger partial charge on any atom is -0.377 e. The monoisotopic (exact) mass is 437 g/mol. The van der Waals surface area contributed by atoms with E-state index in [0.717, 1.165) is 23.5 Å². The van der Waals surface area contributed by atoms with E-state index in [1.54, 1.807) is 24.3 Å². The van der Waals surface area contributed by atoms with Crippen molar-refractivity contribution in [3.05, 3.63) is 89.5 Å².